The third-order valence-corrected chi connectivity index (χ3v) is 2.63. The van der Waals surface area contributed by atoms with E-state index in [1.54, 1.807) is 0 Å². The van der Waals surface area contributed by atoms with Gasteiger partial charge in [0.1, 0.15) is 0 Å². The van der Waals surface area contributed by atoms with Gasteiger partial charge in [-0.05, 0) is 13.8 Å². The number of hydrogen-bond donors (Lipinski definition) is 0. The Balaban J connectivity index is 0. The first-order valence-electron chi connectivity index (χ1n) is 3.65. The molecular formula is C10H11ClMgSi. The molecule has 0 amide bonds. The Morgan fingerprint density at radius 1 is 1.31 bits per heavy atom. The molecule has 0 saturated carbocycles. The van der Waals surface area contributed by atoms with E-state index in [0.29, 0.717) is 0 Å². The third-order valence-electron chi connectivity index (χ3n) is 1.25. The molecule has 64 valence electrons. The normalized spacial score (nSPS) is 7.85. The summed E-state index contributed by atoms with van der Waals surface area (Å²) in [5, 5.41) is 1.38. The van der Waals surface area contributed by atoms with Crippen LogP contribution in [0.15, 0.2) is 35.5 Å². The minimum Gasteiger partial charge on any atom is -1.00 e. The van der Waals surface area contributed by atoms with Gasteiger partial charge in [0.05, 0.1) is 9.52 Å². The van der Waals surface area contributed by atoms with Crippen LogP contribution in [0.25, 0.3) is 0 Å². The van der Waals surface area contributed by atoms with Crippen molar-refractivity contribution < 1.29 is 12.4 Å². The first kappa shape index (κ1) is 15.7. The van der Waals surface area contributed by atoms with Crippen molar-refractivity contribution in [1.29, 1.82) is 0 Å². The van der Waals surface area contributed by atoms with Gasteiger partial charge < -0.3 is 12.4 Å². The molecule has 0 heterocycles. The Hall–Kier alpha value is 0.233. The van der Waals surface area contributed by atoms with Crippen LogP contribution in [0, 0.1) is 6.07 Å². The van der Waals surface area contributed by atoms with Gasteiger partial charge in [-0.15, -0.1) is 0 Å². The van der Waals surface area contributed by atoms with Gasteiger partial charge in [-0.2, -0.15) is 35.5 Å². The quantitative estimate of drug-likeness (QED) is 0.413. The summed E-state index contributed by atoms with van der Waals surface area (Å²) in [6.07, 6.45) is 0. The van der Waals surface area contributed by atoms with Crippen molar-refractivity contribution in [2.45, 2.75) is 13.8 Å². The zero-order chi connectivity index (χ0) is 8.10. The fourth-order valence-corrected chi connectivity index (χ4v) is 1.53. The van der Waals surface area contributed by atoms with E-state index < -0.39 is 0 Å². The fraction of sp³-hybridized carbons (Fsp3) is 0.200. The van der Waals surface area contributed by atoms with Crippen LogP contribution in [0.1, 0.15) is 13.8 Å². The summed E-state index contributed by atoms with van der Waals surface area (Å²) in [7, 11) is 0.803. The van der Waals surface area contributed by atoms with E-state index in [-0.39, 0.29) is 35.5 Å². The molecule has 0 nitrogen and oxygen atoms in total. The van der Waals surface area contributed by atoms with Crippen molar-refractivity contribution in [3.05, 3.63) is 41.6 Å². The Bertz CT molecular complexity index is 242. The molecule has 13 heavy (non-hydrogen) atoms. The van der Waals surface area contributed by atoms with Crippen LogP contribution in [-0.2, 0) is 0 Å². The van der Waals surface area contributed by atoms with Crippen molar-refractivity contribution in [1.82, 2.24) is 0 Å². The van der Waals surface area contributed by atoms with Gasteiger partial charge in [0.2, 0.25) is 0 Å². The van der Waals surface area contributed by atoms with Crippen LogP contribution < -0.4 is 17.6 Å². The zero-order valence-corrected chi connectivity index (χ0v) is 11.1. The van der Waals surface area contributed by atoms with Crippen LogP contribution in [0.5, 0.6) is 0 Å². The standard InChI is InChI=1S/C10H11Si.ClH.Mg/c1-9(2)8-11-10-6-4-3-5-7-10;;/h4-8H,1-2H3;1H;/q-1;;+2/p-1. The third kappa shape index (κ3) is 7.32. The van der Waals surface area contributed by atoms with E-state index in [4.69, 9.17) is 0 Å². The van der Waals surface area contributed by atoms with E-state index in [1.165, 1.54) is 10.8 Å². The molecule has 0 aliphatic rings. The minimum absolute atomic E-state index is 0. The summed E-state index contributed by atoms with van der Waals surface area (Å²) in [4.78, 5) is 0. The monoisotopic (exact) mass is 218 g/mol. The van der Waals surface area contributed by atoms with E-state index in [2.05, 4.69) is 37.7 Å². The smallest absolute Gasteiger partial charge is 1.00 e. The molecule has 0 aliphatic heterocycles. The topological polar surface area (TPSA) is 0 Å². The van der Waals surface area contributed by atoms with Gasteiger partial charge in [-0.1, -0.05) is 11.3 Å². The Kier molecular flexibility index (Phi) is 10.6. The van der Waals surface area contributed by atoms with Gasteiger partial charge in [0.15, 0.2) is 0 Å². The molecule has 0 aromatic heterocycles. The molecule has 0 unspecified atom stereocenters. The molecule has 0 aliphatic carbocycles. The second kappa shape index (κ2) is 8.81. The molecular weight excluding hydrogens is 208 g/mol. The van der Waals surface area contributed by atoms with Gasteiger partial charge in [-0.25, -0.2) is 0 Å². The molecule has 0 saturated heterocycles. The molecule has 1 aromatic rings. The van der Waals surface area contributed by atoms with Crippen molar-refractivity contribution in [2.75, 3.05) is 0 Å². The summed E-state index contributed by atoms with van der Waals surface area (Å²) >= 11 is 0. The van der Waals surface area contributed by atoms with Gasteiger partial charge >= 0.3 is 23.1 Å². The van der Waals surface area contributed by atoms with Crippen LogP contribution in [-0.4, -0.2) is 32.6 Å². The minimum atomic E-state index is 0. The Morgan fingerprint density at radius 3 is 2.31 bits per heavy atom. The van der Waals surface area contributed by atoms with Gasteiger partial charge in [0, 0.05) is 0 Å². The molecule has 1 rings (SSSR count). The van der Waals surface area contributed by atoms with Gasteiger partial charge in [0.25, 0.3) is 0 Å². The summed E-state index contributed by atoms with van der Waals surface area (Å²) in [5.41, 5.74) is 3.64. The molecule has 0 atom stereocenters. The second-order valence-corrected chi connectivity index (χ2v) is 3.81. The molecule has 0 spiro atoms. The number of rotatable bonds is 2. The number of allylic oxidation sites excluding steroid dienone is 1. The Labute approximate surface area is 105 Å². The average molecular weight is 219 g/mol. The number of hydrogen-bond acceptors (Lipinski definition) is 0. The van der Waals surface area contributed by atoms with Crippen LogP contribution in [0.3, 0.4) is 0 Å². The van der Waals surface area contributed by atoms with Crippen LogP contribution >= 0.6 is 0 Å². The fourth-order valence-electron chi connectivity index (χ4n) is 0.711. The van der Waals surface area contributed by atoms with Crippen LogP contribution in [0.2, 0.25) is 0 Å². The number of benzene rings is 1. The SMILES string of the molecule is CC(C)=C[Si]c1cc[c-]cc1.[Cl-].[Mg+2]. The van der Waals surface area contributed by atoms with Gasteiger partial charge in [-0.3, -0.25) is 0 Å². The molecule has 0 bridgehead atoms. The van der Waals surface area contributed by atoms with Crippen LogP contribution in [0.4, 0.5) is 0 Å². The van der Waals surface area contributed by atoms with Crippen molar-refractivity contribution >= 4 is 37.8 Å². The van der Waals surface area contributed by atoms with E-state index in [9.17, 15) is 0 Å². The molecule has 1 aromatic carbocycles. The summed E-state index contributed by atoms with van der Waals surface area (Å²) in [5.74, 6) is 0. The molecule has 3 heteroatoms. The largest absolute Gasteiger partial charge is 2.00 e. The maximum absolute atomic E-state index is 3.00. The van der Waals surface area contributed by atoms with Crippen molar-refractivity contribution in [3.63, 3.8) is 0 Å². The van der Waals surface area contributed by atoms with Crippen molar-refractivity contribution in [2.24, 2.45) is 0 Å². The Morgan fingerprint density at radius 2 is 1.85 bits per heavy atom. The van der Waals surface area contributed by atoms with E-state index >= 15 is 0 Å². The van der Waals surface area contributed by atoms with E-state index in [1.807, 2.05) is 12.1 Å². The maximum Gasteiger partial charge on any atom is 2.00 e. The molecule has 0 N–H and O–H groups in total. The second-order valence-electron chi connectivity index (χ2n) is 2.65. The first-order chi connectivity index (χ1) is 5.29. The summed E-state index contributed by atoms with van der Waals surface area (Å²) in [6.45, 7) is 4.25. The first-order valence-corrected chi connectivity index (χ1v) is 4.73. The molecule has 0 fully saturated rings. The molecule has 2 radical (unpaired) electrons. The predicted molar refractivity (Wildman–Crippen MR) is 55.9 cm³/mol. The maximum atomic E-state index is 3.00. The summed E-state index contributed by atoms with van der Waals surface area (Å²) < 4.78 is 0. The zero-order valence-electron chi connectivity index (χ0n) is 7.97. The number of halogens is 1. The van der Waals surface area contributed by atoms with E-state index in [0.717, 1.165) is 9.52 Å². The summed E-state index contributed by atoms with van der Waals surface area (Å²) in [6, 6.07) is 11.1. The van der Waals surface area contributed by atoms with Crippen molar-refractivity contribution in [3.8, 4) is 0 Å². The average Bonchev–Trinajstić information content (AvgIpc) is 2.03. The predicted octanol–water partition coefficient (Wildman–Crippen LogP) is -1.64.